The molecule has 5 heteroatoms. The van der Waals surface area contributed by atoms with Crippen LogP contribution in [0.25, 0.3) is 16.8 Å². The number of hydrogen-bond acceptors (Lipinski definition) is 4. The number of pyridine rings is 1. The van der Waals surface area contributed by atoms with Crippen LogP contribution in [0.5, 0.6) is 0 Å². The Balaban J connectivity index is 1.81. The van der Waals surface area contributed by atoms with E-state index in [1.54, 1.807) is 18.0 Å². The standard InChI is InChI=1S/C20H18N4S/c1-14-11-15(2)23-24-19(14)18(17-8-4-3-5-9-17)22-20(24)25-13-16-7-6-10-21-12-16/h3-12H,13H2,1-2H3. The number of fused-ring (bicyclic) bond motifs is 1. The van der Waals surface area contributed by atoms with E-state index in [1.165, 1.54) is 11.1 Å². The lowest BCUT2D eigenvalue weighted by atomic mass is 10.1. The van der Waals surface area contributed by atoms with Gasteiger partial charge >= 0.3 is 0 Å². The molecule has 0 fully saturated rings. The third kappa shape index (κ3) is 3.15. The molecule has 0 bridgehead atoms. The summed E-state index contributed by atoms with van der Waals surface area (Å²) in [5, 5.41) is 5.62. The van der Waals surface area contributed by atoms with Gasteiger partial charge in [-0.05, 0) is 37.1 Å². The van der Waals surface area contributed by atoms with Gasteiger partial charge in [-0.2, -0.15) is 5.10 Å². The van der Waals surface area contributed by atoms with Gasteiger partial charge in [0.05, 0.1) is 16.9 Å². The van der Waals surface area contributed by atoms with Crippen LogP contribution < -0.4 is 0 Å². The van der Waals surface area contributed by atoms with E-state index in [1.807, 2.05) is 41.9 Å². The maximum absolute atomic E-state index is 4.92. The summed E-state index contributed by atoms with van der Waals surface area (Å²) in [5.41, 5.74) is 6.53. The van der Waals surface area contributed by atoms with Crippen molar-refractivity contribution >= 4 is 17.3 Å². The highest BCUT2D eigenvalue weighted by molar-refractivity contribution is 7.98. The largest absolute Gasteiger partial charge is 0.264 e. The van der Waals surface area contributed by atoms with Gasteiger partial charge in [-0.25, -0.2) is 9.50 Å². The normalized spacial score (nSPS) is 11.1. The zero-order valence-electron chi connectivity index (χ0n) is 14.2. The van der Waals surface area contributed by atoms with Crippen LogP contribution in [0.4, 0.5) is 0 Å². The van der Waals surface area contributed by atoms with Crippen molar-refractivity contribution in [2.45, 2.75) is 24.8 Å². The summed E-state index contributed by atoms with van der Waals surface area (Å²) in [5.74, 6) is 0.815. The average Bonchev–Trinajstić information content (AvgIpc) is 3.00. The van der Waals surface area contributed by atoms with Crippen molar-refractivity contribution < 1.29 is 0 Å². The first-order valence-corrected chi connectivity index (χ1v) is 9.15. The predicted molar refractivity (Wildman–Crippen MR) is 102 cm³/mol. The number of aromatic nitrogens is 4. The van der Waals surface area contributed by atoms with E-state index in [-0.39, 0.29) is 0 Å². The minimum Gasteiger partial charge on any atom is -0.264 e. The van der Waals surface area contributed by atoms with Gasteiger partial charge in [0.25, 0.3) is 0 Å². The van der Waals surface area contributed by atoms with Gasteiger partial charge in [0.1, 0.15) is 0 Å². The van der Waals surface area contributed by atoms with Crippen molar-refractivity contribution in [3.05, 3.63) is 77.7 Å². The molecule has 124 valence electrons. The Morgan fingerprint density at radius 2 is 1.88 bits per heavy atom. The van der Waals surface area contributed by atoms with E-state index in [2.05, 4.69) is 36.2 Å². The molecule has 4 rings (SSSR count). The Kier molecular flexibility index (Phi) is 4.24. The van der Waals surface area contributed by atoms with E-state index < -0.39 is 0 Å². The van der Waals surface area contributed by atoms with Gasteiger partial charge in [0, 0.05) is 23.7 Å². The molecule has 0 atom stereocenters. The zero-order valence-corrected chi connectivity index (χ0v) is 15.0. The first kappa shape index (κ1) is 15.8. The Hall–Kier alpha value is -2.66. The smallest absolute Gasteiger partial charge is 0.190 e. The number of thioether (sulfide) groups is 1. The molecule has 0 radical (unpaired) electrons. The van der Waals surface area contributed by atoms with Crippen LogP contribution in [0.2, 0.25) is 0 Å². The van der Waals surface area contributed by atoms with Crippen LogP contribution >= 0.6 is 11.8 Å². The van der Waals surface area contributed by atoms with Gasteiger partial charge in [0.15, 0.2) is 5.16 Å². The highest BCUT2D eigenvalue weighted by Gasteiger charge is 2.16. The van der Waals surface area contributed by atoms with E-state index in [9.17, 15) is 0 Å². The van der Waals surface area contributed by atoms with Gasteiger partial charge in [-0.3, -0.25) is 4.98 Å². The molecular formula is C20H18N4S. The first-order valence-electron chi connectivity index (χ1n) is 8.16. The van der Waals surface area contributed by atoms with Gasteiger partial charge < -0.3 is 0 Å². The third-order valence-corrected chi connectivity index (χ3v) is 5.02. The molecule has 4 nitrogen and oxygen atoms in total. The second-order valence-electron chi connectivity index (χ2n) is 5.99. The molecule has 0 saturated carbocycles. The number of hydrogen-bond donors (Lipinski definition) is 0. The summed E-state index contributed by atoms with van der Waals surface area (Å²) in [4.78, 5) is 9.10. The van der Waals surface area contributed by atoms with Crippen LogP contribution in [0.3, 0.4) is 0 Å². The SMILES string of the molecule is Cc1cc(C)c2c(-c3ccccc3)nc(SCc3cccnc3)n2n1. The first-order chi connectivity index (χ1) is 12.2. The lowest BCUT2D eigenvalue weighted by Crippen LogP contribution is -1.98. The van der Waals surface area contributed by atoms with Crippen molar-refractivity contribution in [3.8, 4) is 11.3 Å². The second-order valence-corrected chi connectivity index (χ2v) is 6.93. The highest BCUT2D eigenvalue weighted by atomic mass is 32.2. The Bertz CT molecular complexity index is 1010. The molecule has 0 saturated heterocycles. The molecule has 0 aliphatic heterocycles. The van der Waals surface area contributed by atoms with Gasteiger partial charge in [0.2, 0.25) is 0 Å². The maximum atomic E-state index is 4.92. The zero-order chi connectivity index (χ0) is 17.2. The van der Waals surface area contributed by atoms with E-state index in [0.717, 1.165) is 33.4 Å². The molecule has 0 aliphatic rings. The fraction of sp³-hybridized carbons (Fsp3) is 0.150. The summed E-state index contributed by atoms with van der Waals surface area (Å²) in [6.07, 6.45) is 3.69. The van der Waals surface area contributed by atoms with Gasteiger partial charge in [-0.1, -0.05) is 48.2 Å². The van der Waals surface area contributed by atoms with E-state index in [4.69, 9.17) is 10.1 Å². The molecule has 25 heavy (non-hydrogen) atoms. The average molecular weight is 346 g/mol. The lowest BCUT2D eigenvalue weighted by molar-refractivity contribution is 0.793. The maximum Gasteiger partial charge on any atom is 0.190 e. The minimum atomic E-state index is 0.815. The van der Waals surface area contributed by atoms with Crippen molar-refractivity contribution in [3.63, 3.8) is 0 Å². The van der Waals surface area contributed by atoms with E-state index >= 15 is 0 Å². The summed E-state index contributed by atoms with van der Waals surface area (Å²) >= 11 is 1.69. The Morgan fingerprint density at radius 1 is 1.04 bits per heavy atom. The summed E-state index contributed by atoms with van der Waals surface area (Å²) in [6.45, 7) is 4.14. The van der Waals surface area contributed by atoms with Crippen molar-refractivity contribution in [1.82, 2.24) is 19.6 Å². The monoisotopic (exact) mass is 346 g/mol. The lowest BCUT2D eigenvalue weighted by Gasteiger charge is -2.04. The molecule has 3 heterocycles. The molecule has 3 aromatic heterocycles. The fourth-order valence-corrected chi connectivity index (χ4v) is 3.81. The third-order valence-electron chi connectivity index (χ3n) is 4.02. The summed E-state index contributed by atoms with van der Waals surface area (Å²) in [7, 11) is 0. The fourth-order valence-electron chi connectivity index (χ4n) is 2.93. The van der Waals surface area contributed by atoms with Crippen LogP contribution in [-0.2, 0) is 5.75 Å². The molecule has 0 spiro atoms. The van der Waals surface area contributed by atoms with Crippen molar-refractivity contribution in [1.29, 1.82) is 0 Å². The summed E-state index contributed by atoms with van der Waals surface area (Å²) < 4.78 is 1.98. The molecule has 0 unspecified atom stereocenters. The van der Waals surface area contributed by atoms with Crippen LogP contribution in [-0.4, -0.2) is 19.6 Å². The molecule has 0 N–H and O–H groups in total. The number of aryl methyl sites for hydroxylation is 2. The number of nitrogens with zero attached hydrogens (tertiary/aromatic N) is 4. The number of imidazole rings is 1. The molecule has 4 aromatic rings. The van der Waals surface area contributed by atoms with Crippen LogP contribution in [0.15, 0.2) is 66.1 Å². The Morgan fingerprint density at radius 3 is 2.64 bits per heavy atom. The Labute approximate surface area is 151 Å². The quantitative estimate of drug-likeness (QED) is 0.502. The van der Waals surface area contributed by atoms with Gasteiger partial charge in [-0.15, -0.1) is 0 Å². The number of benzene rings is 1. The van der Waals surface area contributed by atoms with Crippen LogP contribution in [0, 0.1) is 13.8 Å². The summed E-state index contributed by atoms with van der Waals surface area (Å²) in [6, 6.07) is 16.4. The predicted octanol–water partition coefficient (Wildman–Crippen LogP) is 4.70. The molecule has 1 aromatic carbocycles. The van der Waals surface area contributed by atoms with Crippen molar-refractivity contribution in [2.75, 3.05) is 0 Å². The van der Waals surface area contributed by atoms with Crippen LogP contribution in [0.1, 0.15) is 16.8 Å². The molecular weight excluding hydrogens is 328 g/mol. The van der Waals surface area contributed by atoms with E-state index in [0.29, 0.717) is 0 Å². The highest BCUT2D eigenvalue weighted by Crippen LogP contribution is 2.31. The second kappa shape index (κ2) is 6.69. The number of rotatable bonds is 4. The molecule has 0 aliphatic carbocycles. The topological polar surface area (TPSA) is 43.1 Å². The molecule has 0 amide bonds. The minimum absolute atomic E-state index is 0.815. The van der Waals surface area contributed by atoms with Crippen molar-refractivity contribution in [2.24, 2.45) is 0 Å².